The first-order valence-corrected chi connectivity index (χ1v) is 33.8. The van der Waals surface area contributed by atoms with Crippen LogP contribution in [0.15, 0.2) is 90.5 Å². The predicted octanol–water partition coefficient (Wildman–Crippen LogP) is -0.646. The summed E-state index contributed by atoms with van der Waals surface area (Å²) in [4.78, 5) is 181. The Hall–Kier alpha value is -9.76. The van der Waals surface area contributed by atoms with Crippen LogP contribution in [0.5, 0.6) is 11.5 Å². The van der Waals surface area contributed by atoms with Crippen LogP contribution in [0.2, 0.25) is 0 Å². The van der Waals surface area contributed by atoms with Crippen LogP contribution in [0.3, 0.4) is 0 Å². The number of primary amides is 1. The highest BCUT2D eigenvalue weighted by Crippen LogP contribution is 2.27. The van der Waals surface area contributed by atoms with E-state index < -0.39 is 151 Å². The number of nitrogens with zero attached hydrogens (tertiary/aromatic N) is 3. The zero-order valence-corrected chi connectivity index (χ0v) is 54.7. The summed E-state index contributed by atoms with van der Waals surface area (Å²) in [5.74, 6) is -12.5. The van der Waals surface area contributed by atoms with Gasteiger partial charge in [0.1, 0.15) is 78.7 Å². The van der Waals surface area contributed by atoms with Gasteiger partial charge < -0.3 is 88.2 Å². The molecule has 1 fully saturated rings. The lowest BCUT2D eigenvalue weighted by molar-refractivity contribution is -0.144. The number of aliphatic hydroxyl groups is 1. The van der Waals surface area contributed by atoms with E-state index in [-0.39, 0.29) is 74.0 Å². The summed E-state index contributed by atoms with van der Waals surface area (Å²) in [5.41, 5.74) is 8.54. The van der Waals surface area contributed by atoms with Crippen molar-refractivity contribution in [2.45, 2.75) is 156 Å². The van der Waals surface area contributed by atoms with Gasteiger partial charge in [0.2, 0.25) is 53.2 Å². The number of phenols is 1. The monoisotopic (exact) mass is 1380 g/mol. The fourth-order valence-electron chi connectivity index (χ4n) is 10.8. The van der Waals surface area contributed by atoms with Crippen LogP contribution < -0.4 is 53.0 Å². The number of aliphatic carboxylic acids is 2. The first-order chi connectivity index (χ1) is 46.5. The lowest BCUT2D eigenvalue weighted by atomic mass is 10.0. The van der Waals surface area contributed by atoms with E-state index in [1.54, 1.807) is 42.5 Å². The molecule has 10 amide bonds. The third-order valence-electron chi connectivity index (χ3n) is 15.8. The van der Waals surface area contributed by atoms with Crippen LogP contribution in [-0.4, -0.2) is 204 Å². The average molecular weight is 1380 g/mol. The molecule has 31 nitrogen and oxygen atoms in total. The van der Waals surface area contributed by atoms with Gasteiger partial charge in [-0.15, -0.1) is 0 Å². The largest absolute Gasteiger partial charge is 0.508 e. The predicted molar refractivity (Wildman–Crippen MR) is 352 cm³/mol. The highest BCUT2D eigenvalue weighted by molar-refractivity contribution is 7.98. The number of imidazole rings is 1. The standard InChI is InChI=1S/C64H81N13O18S2/c1-36(78)55-63(92)72-45(25-38-13-15-42(79)16-14-38)58(87)70-46(27-41-29-66-35-67-41)59(88)74-49(56(65)85)33-96-31-39-22-40-24-43(23-39)94-20-7-2-3-8-21-95-68-30-52(80)69-44(17-18-53(81)82)57(86)75-50(34-97-32-40)61(90)73-48(26-37-10-5-4-6-11-37)64(93)77-19-9-12-51(77)62(91)71-47(28-54(83)84)60(89)76-55/h4-6,10-11,13-16,22-24,29-30,35-36,44-51,55,78-79H,2-3,7-9,12,17-21,25-28,31-34H2,1H3,(H2,65,85)(H,66,67)(H,69,80)(H,70,87)(H,71,91)(H,72,92)(H,73,90)(H,74,88)(H,75,86)(H,76,89)(H,81,82)(H,83,84)/b68-30+/t36-,44+,45+,46?,47+,48+,49+,50+,51+,55+/m1/s1. The third kappa shape index (κ3) is 24.1. The minimum Gasteiger partial charge on any atom is -0.508 e. The minimum absolute atomic E-state index is 0.0213. The number of carboxylic acid groups (broad SMARTS) is 2. The van der Waals surface area contributed by atoms with Crippen molar-refractivity contribution in [3.05, 3.63) is 113 Å². The number of nitrogens with one attached hydrogen (secondary N) is 9. The van der Waals surface area contributed by atoms with Crippen molar-refractivity contribution in [2.75, 3.05) is 31.3 Å². The number of thioether (sulfide) groups is 2. The molecule has 10 atom stereocenters. The lowest BCUT2D eigenvalue weighted by Crippen LogP contribution is -2.62. The zero-order valence-electron chi connectivity index (χ0n) is 53.1. The molecule has 4 heterocycles. The number of rotatable bonds is 13. The van der Waals surface area contributed by atoms with Crippen LogP contribution in [-0.2, 0) is 93.1 Å². The second-order valence-electron chi connectivity index (χ2n) is 23.5. The number of phenolic OH excluding ortho intramolecular Hbond substituents is 1. The number of aromatic amines is 1. The quantitative estimate of drug-likeness (QED) is 0.0791. The maximum absolute atomic E-state index is 15.1. The number of aromatic hydroxyl groups is 1. The van der Waals surface area contributed by atoms with Gasteiger partial charge in [-0.25, -0.2) is 4.98 Å². The number of fused-ring (bicyclic) bond motifs is 6. The Labute approximate surface area is 566 Å². The highest BCUT2D eigenvalue weighted by Gasteiger charge is 2.42. The van der Waals surface area contributed by atoms with Crippen molar-refractivity contribution in [1.29, 1.82) is 0 Å². The van der Waals surface area contributed by atoms with Crippen LogP contribution >= 0.6 is 23.5 Å². The molecular weight excluding hydrogens is 1300 g/mol. The number of H-pyrrole nitrogens is 1. The van der Waals surface area contributed by atoms with Crippen molar-refractivity contribution >= 4 is 101 Å². The number of carbonyl (C=O) groups is 12. The smallest absolute Gasteiger partial charge is 0.305 e. The number of carboxylic acids is 2. The van der Waals surface area contributed by atoms with Gasteiger partial charge in [0.25, 0.3) is 5.91 Å². The Kier molecular flexibility index (Phi) is 28.9. The summed E-state index contributed by atoms with van der Waals surface area (Å²) in [5, 5.41) is 65.0. The molecule has 3 aliphatic rings. The SMILES string of the molecule is C[C@@H](O)[C@@H]1NC(=O)[C@H](CC(=O)O)NC(=O)[C@@H]2CCCN2C(=O)[C@H](Cc2ccccc2)NC(=O)[C@@H]2CSCc3cc(cc(c3)OCCCCCCO/N=C/C(=O)N[C@@H](CCC(=O)O)C(=O)N2)CSC[C@@H](C(N)=O)NC(=O)C(Cc2cnc[nH]2)NC(=O)[C@H](Cc2ccc(O)cc2)NC1=O. The van der Waals surface area contributed by atoms with Crippen molar-refractivity contribution in [1.82, 2.24) is 57.4 Å². The Bertz CT molecular complexity index is 3440. The van der Waals surface area contributed by atoms with E-state index in [4.69, 9.17) is 15.3 Å². The van der Waals surface area contributed by atoms with Crippen molar-refractivity contribution in [3.63, 3.8) is 0 Å². The normalized spacial score (nSPS) is 24.6. The number of aromatic nitrogens is 2. The van der Waals surface area contributed by atoms with E-state index in [0.29, 0.717) is 59.6 Å². The summed E-state index contributed by atoms with van der Waals surface area (Å²) >= 11 is 2.38. The number of amides is 10. The molecule has 4 bridgehead atoms. The molecule has 3 aliphatic heterocycles. The summed E-state index contributed by atoms with van der Waals surface area (Å²) in [6.07, 6.45) is 1.67. The molecule has 1 saturated heterocycles. The number of hydrogen-bond donors (Lipinski definition) is 14. The second kappa shape index (κ2) is 37.5. The number of carbonyl (C=O) groups excluding carboxylic acids is 10. The number of ether oxygens (including phenoxy) is 1. The molecule has 522 valence electrons. The number of aliphatic hydroxyl groups excluding tert-OH is 1. The summed E-state index contributed by atoms with van der Waals surface area (Å²) in [6.45, 7) is 1.47. The Morgan fingerprint density at radius 1 is 0.649 bits per heavy atom. The fourth-order valence-corrected chi connectivity index (χ4v) is 12.8. The van der Waals surface area contributed by atoms with Gasteiger partial charge in [0.15, 0.2) is 0 Å². The van der Waals surface area contributed by atoms with Gasteiger partial charge in [0.05, 0.1) is 25.5 Å². The Morgan fingerprint density at radius 3 is 1.94 bits per heavy atom. The van der Waals surface area contributed by atoms with E-state index in [1.807, 2.05) is 6.07 Å². The maximum atomic E-state index is 15.1. The molecule has 15 N–H and O–H groups in total. The van der Waals surface area contributed by atoms with Gasteiger partial charge in [0, 0.05) is 67.1 Å². The molecule has 3 aromatic carbocycles. The molecule has 4 aromatic rings. The van der Waals surface area contributed by atoms with E-state index in [2.05, 4.69) is 57.7 Å². The summed E-state index contributed by atoms with van der Waals surface area (Å²) in [7, 11) is 0. The van der Waals surface area contributed by atoms with Gasteiger partial charge in [-0.2, -0.15) is 23.5 Å². The Morgan fingerprint density at radius 2 is 1.27 bits per heavy atom. The number of oxime groups is 1. The van der Waals surface area contributed by atoms with Gasteiger partial charge in [-0.3, -0.25) is 57.5 Å². The minimum atomic E-state index is -1.98. The number of nitrogens with two attached hydrogens (primary N) is 1. The van der Waals surface area contributed by atoms with Crippen molar-refractivity contribution < 1.29 is 87.5 Å². The zero-order chi connectivity index (χ0) is 70.0. The van der Waals surface area contributed by atoms with Crippen LogP contribution in [0, 0.1) is 0 Å². The molecule has 0 spiro atoms. The van der Waals surface area contributed by atoms with E-state index >= 15 is 9.59 Å². The second-order valence-corrected chi connectivity index (χ2v) is 25.5. The van der Waals surface area contributed by atoms with E-state index in [9.17, 15) is 68.4 Å². The summed E-state index contributed by atoms with van der Waals surface area (Å²) < 4.78 is 6.27. The number of benzene rings is 3. The fraction of sp³-hybridized carbons (Fsp3) is 0.469. The average Bonchev–Trinajstić information content (AvgIpc) is 1.89. The third-order valence-corrected chi connectivity index (χ3v) is 18.0. The molecule has 97 heavy (non-hydrogen) atoms. The molecule has 1 aromatic heterocycles. The van der Waals surface area contributed by atoms with Gasteiger partial charge >= 0.3 is 11.9 Å². The van der Waals surface area contributed by atoms with Gasteiger partial charge in [-0.1, -0.05) is 53.7 Å². The highest BCUT2D eigenvalue weighted by atomic mass is 32.2. The lowest BCUT2D eigenvalue weighted by Gasteiger charge is -2.31. The maximum Gasteiger partial charge on any atom is 0.305 e. The molecule has 0 aliphatic carbocycles. The Balaban J connectivity index is 1.29. The van der Waals surface area contributed by atoms with Crippen LogP contribution in [0.25, 0.3) is 0 Å². The van der Waals surface area contributed by atoms with Crippen molar-refractivity contribution in [3.8, 4) is 11.5 Å². The summed E-state index contributed by atoms with van der Waals surface area (Å²) in [6, 6.07) is 5.05. The first kappa shape index (κ1) is 74.6. The molecular formula is C64H81N13O18S2. The van der Waals surface area contributed by atoms with Crippen molar-refractivity contribution in [2.24, 2.45) is 10.9 Å². The van der Waals surface area contributed by atoms with Crippen LogP contribution in [0.1, 0.15) is 92.7 Å². The molecule has 0 saturated carbocycles. The van der Waals surface area contributed by atoms with Crippen LogP contribution in [0.4, 0.5) is 0 Å². The first-order valence-electron chi connectivity index (χ1n) is 31.5. The topological polar surface area (TPSA) is 471 Å². The molecule has 0 radical (unpaired) electrons. The van der Waals surface area contributed by atoms with E-state index in [1.165, 1.54) is 60.3 Å². The van der Waals surface area contributed by atoms with E-state index in [0.717, 1.165) is 24.5 Å². The number of hydrogen-bond acceptors (Lipinski definition) is 20. The molecule has 1 unspecified atom stereocenters. The molecule has 7 rings (SSSR count). The van der Waals surface area contributed by atoms with Gasteiger partial charge in [-0.05, 0) is 98.4 Å². The molecule has 33 heteroatoms.